The smallest absolute Gasteiger partial charge is 0.240 e. The van der Waals surface area contributed by atoms with Crippen molar-refractivity contribution in [1.82, 2.24) is 15.1 Å². The zero-order chi connectivity index (χ0) is 15.9. The van der Waals surface area contributed by atoms with Crippen LogP contribution < -0.4 is 9.64 Å². The number of alkyl halides is 1. The second-order valence-corrected chi connectivity index (χ2v) is 5.65. The molecule has 0 bridgehead atoms. The highest BCUT2D eigenvalue weighted by Crippen LogP contribution is 2.16. The largest absolute Gasteiger partial charge is 0.474 e. The van der Waals surface area contributed by atoms with Crippen LogP contribution in [0.2, 0.25) is 0 Å². The van der Waals surface area contributed by atoms with Crippen LogP contribution >= 0.6 is 11.6 Å². The van der Waals surface area contributed by atoms with Gasteiger partial charge in [-0.15, -0.1) is 21.8 Å². The summed E-state index contributed by atoms with van der Waals surface area (Å²) in [5.41, 5.74) is 0. The van der Waals surface area contributed by atoms with E-state index in [0.717, 1.165) is 5.82 Å². The fraction of sp³-hybridized carbons (Fsp3) is 0.643. The van der Waals surface area contributed by atoms with E-state index in [-0.39, 0.29) is 5.91 Å². The number of halogens is 1. The molecule has 1 atom stereocenters. The van der Waals surface area contributed by atoms with Gasteiger partial charge in [0.15, 0.2) is 5.82 Å². The lowest BCUT2D eigenvalue weighted by molar-refractivity contribution is -0.130. The summed E-state index contributed by atoms with van der Waals surface area (Å²) >= 11 is 5.83. The number of nitrogens with zero attached hydrogens (tertiary/aromatic N) is 4. The minimum Gasteiger partial charge on any atom is -0.474 e. The van der Waals surface area contributed by atoms with E-state index in [9.17, 15) is 4.79 Å². The molecule has 1 aliphatic heterocycles. The standard InChI is InChI=1S/C14H21ClN4O3/c1-11(15)14(20)19-7-5-18(6-8-19)12-3-4-13(17-16-12)22-10-9-21-2/h3-4,11H,5-10H2,1-2H3. The average molecular weight is 329 g/mol. The first-order valence-corrected chi connectivity index (χ1v) is 7.68. The molecule has 22 heavy (non-hydrogen) atoms. The molecule has 1 unspecified atom stereocenters. The van der Waals surface area contributed by atoms with Crippen LogP contribution in [0.3, 0.4) is 0 Å². The Kier molecular flexibility index (Phi) is 6.21. The Morgan fingerprint density at radius 1 is 1.27 bits per heavy atom. The Morgan fingerprint density at radius 3 is 2.55 bits per heavy atom. The van der Waals surface area contributed by atoms with Crippen LogP contribution in [-0.4, -0.2) is 72.9 Å². The van der Waals surface area contributed by atoms with Crippen LogP contribution in [0.25, 0.3) is 0 Å². The average Bonchev–Trinajstić information content (AvgIpc) is 2.55. The molecule has 1 saturated heterocycles. The third-order valence-electron chi connectivity index (χ3n) is 3.42. The number of aromatic nitrogens is 2. The highest BCUT2D eigenvalue weighted by Gasteiger charge is 2.24. The van der Waals surface area contributed by atoms with E-state index in [1.165, 1.54) is 0 Å². The van der Waals surface area contributed by atoms with Crippen LogP contribution in [0.5, 0.6) is 5.88 Å². The van der Waals surface area contributed by atoms with Gasteiger partial charge in [0.05, 0.1) is 6.61 Å². The molecule has 1 aromatic rings. The molecule has 2 heterocycles. The normalized spacial score (nSPS) is 16.5. The van der Waals surface area contributed by atoms with E-state index < -0.39 is 5.38 Å². The number of ether oxygens (including phenoxy) is 2. The number of rotatable bonds is 6. The van der Waals surface area contributed by atoms with E-state index in [0.29, 0.717) is 45.3 Å². The van der Waals surface area contributed by atoms with Crippen molar-refractivity contribution >= 4 is 23.3 Å². The third kappa shape index (κ3) is 4.45. The number of carbonyl (C=O) groups is 1. The maximum atomic E-state index is 11.8. The number of hydrogen-bond donors (Lipinski definition) is 0. The topological polar surface area (TPSA) is 67.8 Å². The second kappa shape index (κ2) is 8.14. The van der Waals surface area contributed by atoms with Gasteiger partial charge < -0.3 is 19.3 Å². The molecule has 7 nitrogen and oxygen atoms in total. The first kappa shape index (κ1) is 16.8. The van der Waals surface area contributed by atoms with Crippen LogP contribution in [0, 0.1) is 0 Å². The van der Waals surface area contributed by atoms with Crippen molar-refractivity contribution in [2.24, 2.45) is 0 Å². The van der Waals surface area contributed by atoms with E-state index in [2.05, 4.69) is 15.1 Å². The van der Waals surface area contributed by atoms with Crippen molar-refractivity contribution in [3.63, 3.8) is 0 Å². The van der Waals surface area contributed by atoms with Crippen molar-refractivity contribution < 1.29 is 14.3 Å². The van der Waals surface area contributed by atoms with Crippen molar-refractivity contribution in [1.29, 1.82) is 0 Å². The maximum Gasteiger partial charge on any atom is 0.240 e. The van der Waals surface area contributed by atoms with Gasteiger partial charge in [-0.1, -0.05) is 0 Å². The molecule has 8 heteroatoms. The highest BCUT2D eigenvalue weighted by atomic mass is 35.5. The SMILES string of the molecule is COCCOc1ccc(N2CCN(C(=O)C(C)Cl)CC2)nn1. The third-order valence-corrected chi connectivity index (χ3v) is 3.61. The monoisotopic (exact) mass is 328 g/mol. The van der Waals surface area contributed by atoms with Gasteiger partial charge in [0.25, 0.3) is 0 Å². The van der Waals surface area contributed by atoms with Crippen LogP contribution in [0.1, 0.15) is 6.92 Å². The lowest BCUT2D eigenvalue weighted by Crippen LogP contribution is -2.50. The van der Waals surface area contributed by atoms with E-state index in [4.69, 9.17) is 21.1 Å². The van der Waals surface area contributed by atoms with Crippen molar-refractivity contribution in [2.75, 3.05) is 51.4 Å². The molecule has 0 aromatic carbocycles. The Balaban J connectivity index is 1.85. The van der Waals surface area contributed by atoms with E-state index >= 15 is 0 Å². The zero-order valence-electron chi connectivity index (χ0n) is 12.9. The van der Waals surface area contributed by atoms with Crippen LogP contribution in [0.4, 0.5) is 5.82 Å². The van der Waals surface area contributed by atoms with E-state index in [1.807, 2.05) is 6.07 Å². The molecule has 2 rings (SSSR count). The molecule has 1 aliphatic rings. The molecule has 1 aromatic heterocycles. The summed E-state index contributed by atoms with van der Waals surface area (Å²) in [6.45, 7) is 5.37. The molecule has 0 saturated carbocycles. The molecular weight excluding hydrogens is 308 g/mol. The number of amides is 1. The summed E-state index contributed by atoms with van der Waals surface area (Å²) in [6.07, 6.45) is 0. The Bertz CT molecular complexity index is 475. The highest BCUT2D eigenvalue weighted by molar-refractivity contribution is 6.30. The number of piperazine rings is 1. The molecule has 0 spiro atoms. The molecule has 1 fully saturated rings. The Hall–Kier alpha value is -1.60. The minimum absolute atomic E-state index is 0.0192. The first-order valence-electron chi connectivity index (χ1n) is 7.25. The Labute approximate surface area is 135 Å². The van der Waals surface area contributed by atoms with Crippen LogP contribution in [0.15, 0.2) is 12.1 Å². The Morgan fingerprint density at radius 2 is 2.00 bits per heavy atom. The number of methoxy groups -OCH3 is 1. The number of carbonyl (C=O) groups excluding carboxylic acids is 1. The van der Waals surface area contributed by atoms with Gasteiger partial charge in [-0.05, 0) is 13.0 Å². The van der Waals surface area contributed by atoms with Crippen LogP contribution in [-0.2, 0) is 9.53 Å². The molecule has 122 valence electrons. The van der Waals surface area contributed by atoms with Gasteiger partial charge in [0.2, 0.25) is 11.8 Å². The minimum atomic E-state index is -0.477. The summed E-state index contributed by atoms with van der Waals surface area (Å²) < 4.78 is 10.3. The molecule has 0 aliphatic carbocycles. The molecule has 0 N–H and O–H groups in total. The second-order valence-electron chi connectivity index (χ2n) is 5.00. The predicted octanol–water partition coefficient (Wildman–Crippen LogP) is 0.778. The van der Waals surface area contributed by atoms with E-state index in [1.54, 1.807) is 25.0 Å². The van der Waals surface area contributed by atoms with Gasteiger partial charge in [0, 0.05) is 39.4 Å². The lowest BCUT2D eigenvalue weighted by Gasteiger charge is -2.35. The first-order chi connectivity index (χ1) is 10.6. The fourth-order valence-corrected chi connectivity index (χ4v) is 2.33. The van der Waals surface area contributed by atoms with Gasteiger partial charge >= 0.3 is 0 Å². The lowest BCUT2D eigenvalue weighted by atomic mass is 10.3. The number of anilines is 1. The summed E-state index contributed by atoms with van der Waals surface area (Å²) in [5.74, 6) is 1.24. The van der Waals surface area contributed by atoms with Gasteiger partial charge in [-0.3, -0.25) is 4.79 Å². The molecule has 0 radical (unpaired) electrons. The summed E-state index contributed by atoms with van der Waals surface area (Å²) in [4.78, 5) is 15.7. The van der Waals surface area contributed by atoms with Gasteiger partial charge in [-0.2, -0.15) is 0 Å². The summed E-state index contributed by atoms with van der Waals surface area (Å²) in [7, 11) is 1.62. The maximum absolute atomic E-state index is 11.8. The van der Waals surface area contributed by atoms with Crippen molar-refractivity contribution in [2.45, 2.75) is 12.3 Å². The van der Waals surface area contributed by atoms with Crippen molar-refractivity contribution in [3.05, 3.63) is 12.1 Å². The number of hydrogen-bond acceptors (Lipinski definition) is 6. The predicted molar refractivity (Wildman–Crippen MR) is 83.5 cm³/mol. The summed E-state index contributed by atoms with van der Waals surface area (Å²) in [6, 6.07) is 3.66. The molecular formula is C14H21ClN4O3. The van der Waals surface area contributed by atoms with Gasteiger partial charge in [-0.25, -0.2) is 0 Å². The quantitative estimate of drug-likeness (QED) is 0.568. The van der Waals surface area contributed by atoms with Gasteiger partial charge in [0.1, 0.15) is 12.0 Å². The summed E-state index contributed by atoms with van der Waals surface area (Å²) in [5, 5.41) is 7.73. The molecule has 1 amide bonds. The zero-order valence-corrected chi connectivity index (χ0v) is 13.6. The van der Waals surface area contributed by atoms with Crippen molar-refractivity contribution in [3.8, 4) is 5.88 Å². The fourth-order valence-electron chi connectivity index (χ4n) is 2.20.